The molecular weight excluding hydrogens is 400 g/mol. The summed E-state index contributed by atoms with van der Waals surface area (Å²) in [6, 6.07) is 15.8. The molecule has 9 heteroatoms. The van der Waals surface area contributed by atoms with Gasteiger partial charge in [-0.25, -0.2) is 8.42 Å². The molecule has 0 atom stereocenters. The molecule has 146 valence electrons. The van der Waals surface area contributed by atoms with E-state index >= 15 is 0 Å². The number of hydrogen-bond acceptors (Lipinski definition) is 6. The molecule has 0 unspecified atom stereocenters. The molecule has 1 fully saturated rings. The normalized spacial score (nSPS) is 16.3. The number of hydrogen-bond donors (Lipinski definition) is 0. The summed E-state index contributed by atoms with van der Waals surface area (Å²) in [5.41, 5.74) is 0.769. The predicted molar refractivity (Wildman–Crippen MR) is 105 cm³/mol. The fraction of sp³-hybridized carbons (Fsp3) is 0.263. The van der Waals surface area contributed by atoms with Gasteiger partial charge in [-0.05, 0) is 30.3 Å². The van der Waals surface area contributed by atoms with Crippen LogP contribution in [0.4, 0.5) is 0 Å². The Hall–Kier alpha value is -2.26. The van der Waals surface area contributed by atoms with Gasteiger partial charge in [0.1, 0.15) is 0 Å². The van der Waals surface area contributed by atoms with Gasteiger partial charge in [0, 0.05) is 36.8 Å². The minimum atomic E-state index is -3.45. The first-order valence-corrected chi connectivity index (χ1v) is 10.7. The Morgan fingerprint density at radius 2 is 1.75 bits per heavy atom. The van der Waals surface area contributed by atoms with Crippen LogP contribution in [0.3, 0.4) is 0 Å². The lowest BCUT2D eigenvalue weighted by atomic mass is 10.2. The van der Waals surface area contributed by atoms with E-state index in [2.05, 4.69) is 15.0 Å². The van der Waals surface area contributed by atoms with Gasteiger partial charge >= 0.3 is 0 Å². The molecule has 1 aromatic heterocycles. The number of sulfonamides is 1. The lowest BCUT2D eigenvalue weighted by molar-refractivity contribution is 0.176. The van der Waals surface area contributed by atoms with Crippen molar-refractivity contribution in [3.05, 3.63) is 65.4 Å². The van der Waals surface area contributed by atoms with Gasteiger partial charge in [-0.15, -0.1) is 0 Å². The molecule has 2 heterocycles. The fourth-order valence-electron chi connectivity index (χ4n) is 3.13. The summed E-state index contributed by atoms with van der Waals surface area (Å²) in [6.45, 7) is 2.57. The second-order valence-corrected chi connectivity index (χ2v) is 8.89. The van der Waals surface area contributed by atoms with E-state index in [0.29, 0.717) is 54.4 Å². The van der Waals surface area contributed by atoms with Crippen LogP contribution in [0.2, 0.25) is 5.02 Å². The number of rotatable bonds is 5. The molecule has 0 bridgehead atoms. The summed E-state index contributed by atoms with van der Waals surface area (Å²) in [6.07, 6.45) is 0. The van der Waals surface area contributed by atoms with E-state index in [0.717, 1.165) is 5.56 Å². The van der Waals surface area contributed by atoms with Crippen LogP contribution in [-0.2, 0) is 16.6 Å². The van der Waals surface area contributed by atoms with Crippen LogP contribution in [0, 0.1) is 0 Å². The molecule has 0 spiro atoms. The smallest absolute Gasteiger partial charge is 0.258 e. The summed E-state index contributed by atoms with van der Waals surface area (Å²) in [7, 11) is -3.45. The number of benzene rings is 2. The van der Waals surface area contributed by atoms with E-state index < -0.39 is 10.0 Å². The Morgan fingerprint density at radius 3 is 2.46 bits per heavy atom. The lowest BCUT2D eigenvalue weighted by Crippen LogP contribution is -2.48. The molecule has 1 aliphatic rings. The zero-order valence-corrected chi connectivity index (χ0v) is 16.6. The molecule has 2 aromatic carbocycles. The molecule has 0 amide bonds. The first-order valence-electron chi connectivity index (χ1n) is 8.88. The Morgan fingerprint density at radius 1 is 1.00 bits per heavy atom. The van der Waals surface area contributed by atoms with Crippen LogP contribution in [0.5, 0.6) is 0 Å². The fourth-order valence-corrected chi connectivity index (χ4v) is 4.76. The highest BCUT2D eigenvalue weighted by molar-refractivity contribution is 7.89. The summed E-state index contributed by atoms with van der Waals surface area (Å²) < 4.78 is 32.2. The van der Waals surface area contributed by atoms with Crippen molar-refractivity contribution in [3.63, 3.8) is 0 Å². The van der Waals surface area contributed by atoms with Gasteiger partial charge in [0.15, 0.2) is 5.82 Å². The summed E-state index contributed by atoms with van der Waals surface area (Å²) >= 11 is 6.00. The lowest BCUT2D eigenvalue weighted by Gasteiger charge is -2.33. The van der Waals surface area contributed by atoms with Gasteiger partial charge in [0.25, 0.3) is 5.89 Å². The van der Waals surface area contributed by atoms with Gasteiger partial charge < -0.3 is 4.52 Å². The van der Waals surface area contributed by atoms with E-state index in [9.17, 15) is 8.42 Å². The second-order valence-electron chi connectivity index (χ2n) is 6.52. The van der Waals surface area contributed by atoms with Crippen molar-refractivity contribution in [1.82, 2.24) is 19.3 Å². The number of halogens is 1. The van der Waals surface area contributed by atoms with Gasteiger partial charge in [0.2, 0.25) is 10.0 Å². The maximum absolute atomic E-state index is 12.7. The zero-order chi connectivity index (χ0) is 19.6. The first-order chi connectivity index (χ1) is 13.5. The predicted octanol–water partition coefficient (Wildman–Crippen LogP) is 2.90. The third-order valence-corrected chi connectivity index (χ3v) is 6.76. The van der Waals surface area contributed by atoms with Crippen LogP contribution in [0.25, 0.3) is 11.5 Å². The monoisotopic (exact) mass is 418 g/mol. The van der Waals surface area contributed by atoms with Crippen molar-refractivity contribution >= 4 is 21.6 Å². The van der Waals surface area contributed by atoms with Crippen molar-refractivity contribution in [3.8, 4) is 11.5 Å². The van der Waals surface area contributed by atoms with E-state index in [4.69, 9.17) is 16.1 Å². The average Bonchev–Trinajstić information content (AvgIpc) is 3.18. The minimum absolute atomic E-state index is 0.327. The van der Waals surface area contributed by atoms with Crippen molar-refractivity contribution in [1.29, 1.82) is 0 Å². The molecule has 0 N–H and O–H groups in total. The molecule has 3 aromatic rings. The maximum atomic E-state index is 12.7. The van der Waals surface area contributed by atoms with Gasteiger partial charge in [-0.1, -0.05) is 41.0 Å². The Bertz CT molecular complexity index is 1050. The topological polar surface area (TPSA) is 79.5 Å². The van der Waals surface area contributed by atoms with Gasteiger partial charge in [-0.3, -0.25) is 4.90 Å². The quantitative estimate of drug-likeness (QED) is 0.633. The Balaban J connectivity index is 1.38. The number of piperazine rings is 1. The standard InChI is InChI=1S/C19H19ClN4O3S/c20-16-6-4-5-15(13-16)19-21-18(22-27-19)14-23-9-11-24(12-10-23)28(25,26)17-7-2-1-3-8-17/h1-8,13H,9-12,14H2. The molecule has 1 saturated heterocycles. The molecule has 4 rings (SSSR count). The first kappa shape index (κ1) is 19.1. The highest BCUT2D eigenvalue weighted by Crippen LogP contribution is 2.22. The largest absolute Gasteiger partial charge is 0.334 e. The molecule has 0 radical (unpaired) electrons. The third-order valence-electron chi connectivity index (χ3n) is 4.62. The second kappa shape index (κ2) is 8.00. The zero-order valence-electron chi connectivity index (χ0n) is 15.0. The van der Waals surface area contributed by atoms with Crippen LogP contribution in [0.15, 0.2) is 64.0 Å². The molecule has 0 aliphatic carbocycles. The summed E-state index contributed by atoms with van der Waals surface area (Å²) in [5.74, 6) is 0.983. The molecule has 7 nitrogen and oxygen atoms in total. The van der Waals surface area contributed by atoms with Crippen LogP contribution in [-0.4, -0.2) is 53.9 Å². The highest BCUT2D eigenvalue weighted by Gasteiger charge is 2.28. The molecule has 0 saturated carbocycles. The molecule has 1 aliphatic heterocycles. The summed E-state index contributed by atoms with van der Waals surface area (Å²) in [4.78, 5) is 6.86. The van der Waals surface area contributed by atoms with Crippen molar-refractivity contribution in [2.24, 2.45) is 0 Å². The minimum Gasteiger partial charge on any atom is -0.334 e. The highest BCUT2D eigenvalue weighted by atomic mass is 35.5. The SMILES string of the molecule is O=S(=O)(c1ccccc1)N1CCN(Cc2noc(-c3cccc(Cl)c3)n2)CC1. The van der Waals surface area contributed by atoms with Crippen LogP contribution in [0.1, 0.15) is 5.82 Å². The van der Waals surface area contributed by atoms with E-state index in [1.807, 2.05) is 12.1 Å². The summed E-state index contributed by atoms with van der Waals surface area (Å²) in [5, 5.41) is 4.63. The molecular formula is C19H19ClN4O3S. The third kappa shape index (κ3) is 4.10. The number of nitrogens with zero attached hydrogens (tertiary/aromatic N) is 4. The number of aromatic nitrogens is 2. The van der Waals surface area contributed by atoms with Crippen molar-refractivity contribution in [2.45, 2.75) is 11.4 Å². The Kier molecular flexibility index (Phi) is 5.45. The van der Waals surface area contributed by atoms with Crippen molar-refractivity contribution in [2.75, 3.05) is 26.2 Å². The van der Waals surface area contributed by atoms with Crippen LogP contribution >= 0.6 is 11.6 Å². The van der Waals surface area contributed by atoms with Crippen molar-refractivity contribution < 1.29 is 12.9 Å². The van der Waals surface area contributed by atoms with E-state index in [1.54, 1.807) is 42.5 Å². The average molecular weight is 419 g/mol. The van der Waals surface area contributed by atoms with Crippen LogP contribution < -0.4 is 0 Å². The van der Waals surface area contributed by atoms with Gasteiger partial charge in [-0.2, -0.15) is 9.29 Å². The van der Waals surface area contributed by atoms with E-state index in [1.165, 1.54) is 4.31 Å². The van der Waals surface area contributed by atoms with E-state index in [-0.39, 0.29) is 0 Å². The maximum Gasteiger partial charge on any atom is 0.258 e. The van der Waals surface area contributed by atoms with Gasteiger partial charge in [0.05, 0.1) is 11.4 Å². The Labute approximate surface area is 168 Å². The molecule has 28 heavy (non-hydrogen) atoms.